The summed E-state index contributed by atoms with van der Waals surface area (Å²) in [5.41, 5.74) is -0.686. The summed E-state index contributed by atoms with van der Waals surface area (Å²) in [5, 5.41) is 20.4. The lowest BCUT2D eigenvalue weighted by Gasteiger charge is -2.27. The molecule has 2 fully saturated rings. The number of carboxylic acids is 1. The van der Waals surface area contributed by atoms with E-state index in [-0.39, 0.29) is 24.1 Å². The molecule has 3 aromatic heterocycles. The molecule has 0 spiro atoms. The molecule has 11 heteroatoms. The number of carbonyl (C=O) groups is 1. The van der Waals surface area contributed by atoms with Crippen molar-refractivity contribution in [1.29, 1.82) is 0 Å². The molecule has 4 aromatic rings. The van der Waals surface area contributed by atoms with Gasteiger partial charge in [0, 0.05) is 0 Å². The second-order valence-electron chi connectivity index (χ2n) is 12.2. The van der Waals surface area contributed by atoms with E-state index in [1.54, 1.807) is 6.92 Å². The standard InChI is InChI=1S/C31H35N3O7S/c1-16-7-5-6-8-22(16)23(41-21-13-18-11-20(35)12-19(18)14-21)15-33-28-24(17(2)25(42-28)26-32-9-10-40-26)27(36)34(30(33)39)31(3,4)29(37)38/h5-10,18-21,23,35H,11-15H2,1-4H3,(H,37,38)/t18-,19+,20?,21?,23?. The van der Waals surface area contributed by atoms with Gasteiger partial charge in [0.2, 0.25) is 5.89 Å². The Bertz CT molecular complexity index is 1750. The number of thiophene rings is 1. The molecule has 6 rings (SSSR count). The normalized spacial score (nSPS) is 23.0. The van der Waals surface area contributed by atoms with Crippen molar-refractivity contribution < 1.29 is 24.2 Å². The third kappa shape index (κ3) is 4.73. The van der Waals surface area contributed by atoms with E-state index in [1.165, 1.54) is 42.2 Å². The minimum atomic E-state index is -1.80. The van der Waals surface area contributed by atoms with E-state index in [0.717, 1.165) is 41.4 Å². The fourth-order valence-electron chi connectivity index (χ4n) is 6.84. The van der Waals surface area contributed by atoms with Crippen molar-refractivity contribution in [1.82, 2.24) is 14.1 Å². The summed E-state index contributed by atoms with van der Waals surface area (Å²) in [7, 11) is 0. The second-order valence-corrected chi connectivity index (χ2v) is 13.2. The van der Waals surface area contributed by atoms with Gasteiger partial charge in [-0.3, -0.25) is 9.36 Å². The number of carboxylic acid groups (broad SMARTS) is 1. The Labute approximate surface area is 246 Å². The first-order valence-electron chi connectivity index (χ1n) is 14.3. The van der Waals surface area contributed by atoms with E-state index >= 15 is 0 Å². The van der Waals surface area contributed by atoms with E-state index < -0.39 is 28.9 Å². The van der Waals surface area contributed by atoms with Gasteiger partial charge < -0.3 is 19.4 Å². The lowest BCUT2D eigenvalue weighted by molar-refractivity contribution is -0.146. The third-order valence-electron chi connectivity index (χ3n) is 9.11. The summed E-state index contributed by atoms with van der Waals surface area (Å²) in [6.45, 7) is 6.54. The van der Waals surface area contributed by atoms with E-state index in [2.05, 4.69) is 4.98 Å². The summed E-state index contributed by atoms with van der Waals surface area (Å²) < 4.78 is 14.7. The van der Waals surface area contributed by atoms with Crippen molar-refractivity contribution in [3.8, 4) is 10.8 Å². The number of aliphatic hydroxyl groups is 1. The van der Waals surface area contributed by atoms with Gasteiger partial charge in [0.05, 0.1) is 35.2 Å². The molecule has 0 aliphatic heterocycles. The Morgan fingerprint density at radius 2 is 1.86 bits per heavy atom. The Kier molecular flexibility index (Phi) is 7.23. The molecule has 0 radical (unpaired) electrons. The van der Waals surface area contributed by atoms with Crippen LogP contribution in [0, 0.1) is 25.7 Å². The smallest absolute Gasteiger partial charge is 0.333 e. The molecule has 10 nitrogen and oxygen atoms in total. The minimum absolute atomic E-state index is 0.0439. The van der Waals surface area contributed by atoms with Gasteiger partial charge in [0.15, 0.2) is 0 Å². The molecule has 0 saturated heterocycles. The van der Waals surface area contributed by atoms with Crippen LogP contribution < -0.4 is 11.2 Å². The number of aromatic nitrogens is 3. The number of aryl methyl sites for hydroxylation is 2. The number of rotatable bonds is 8. The van der Waals surface area contributed by atoms with E-state index in [4.69, 9.17) is 9.15 Å². The van der Waals surface area contributed by atoms with Crippen LogP contribution in [0.25, 0.3) is 21.0 Å². The molecule has 5 atom stereocenters. The molecule has 2 aliphatic rings. The molecule has 222 valence electrons. The second kappa shape index (κ2) is 10.6. The van der Waals surface area contributed by atoms with Gasteiger partial charge in [0.25, 0.3) is 5.56 Å². The van der Waals surface area contributed by atoms with Crippen molar-refractivity contribution >= 4 is 27.5 Å². The van der Waals surface area contributed by atoms with Crippen molar-refractivity contribution in [2.24, 2.45) is 11.8 Å². The van der Waals surface area contributed by atoms with E-state index in [1.807, 2.05) is 31.2 Å². The fourth-order valence-corrected chi connectivity index (χ4v) is 8.08. The topological polar surface area (TPSA) is 137 Å². The Morgan fingerprint density at radius 1 is 1.17 bits per heavy atom. The Hall–Kier alpha value is -3.54. The summed E-state index contributed by atoms with van der Waals surface area (Å²) in [5.74, 6) is -0.139. The Morgan fingerprint density at radius 3 is 2.48 bits per heavy atom. The molecule has 1 aromatic carbocycles. The van der Waals surface area contributed by atoms with Crippen LogP contribution in [0.4, 0.5) is 0 Å². The zero-order valence-corrected chi connectivity index (χ0v) is 24.9. The number of aliphatic hydroxyl groups excluding tert-OH is 1. The number of aliphatic carboxylic acids is 1. The highest BCUT2D eigenvalue weighted by Gasteiger charge is 2.43. The van der Waals surface area contributed by atoms with Gasteiger partial charge in [-0.15, -0.1) is 11.3 Å². The molecule has 3 unspecified atom stereocenters. The maximum absolute atomic E-state index is 14.2. The zero-order valence-electron chi connectivity index (χ0n) is 24.1. The van der Waals surface area contributed by atoms with Crippen LogP contribution >= 0.6 is 11.3 Å². The first kappa shape index (κ1) is 28.6. The van der Waals surface area contributed by atoms with Crippen LogP contribution in [-0.2, 0) is 21.6 Å². The molecular weight excluding hydrogens is 558 g/mol. The van der Waals surface area contributed by atoms with Crippen LogP contribution in [0.15, 0.2) is 50.7 Å². The quantitative estimate of drug-likeness (QED) is 0.302. The molecule has 2 aliphatic carbocycles. The number of oxazole rings is 1. The van der Waals surface area contributed by atoms with Gasteiger partial charge >= 0.3 is 11.7 Å². The summed E-state index contributed by atoms with van der Waals surface area (Å²) >= 11 is 1.22. The minimum Gasteiger partial charge on any atom is -0.480 e. The number of nitrogens with zero attached hydrogens (tertiary/aromatic N) is 3. The predicted octanol–water partition coefficient (Wildman–Crippen LogP) is 4.62. The summed E-state index contributed by atoms with van der Waals surface area (Å²) in [6.07, 6.45) is 5.37. The van der Waals surface area contributed by atoms with Gasteiger partial charge in [-0.2, -0.15) is 0 Å². The van der Waals surface area contributed by atoms with Crippen LogP contribution in [0.3, 0.4) is 0 Å². The molecule has 3 heterocycles. The molecule has 42 heavy (non-hydrogen) atoms. The largest absolute Gasteiger partial charge is 0.480 e. The average Bonchev–Trinajstić information content (AvgIpc) is 3.70. The van der Waals surface area contributed by atoms with Crippen LogP contribution in [-0.4, -0.2) is 42.5 Å². The monoisotopic (exact) mass is 593 g/mol. The van der Waals surface area contributed by atoms with E-state index in [9.17, 15) is 24.6 Å². The highest BCUT2D eigenvalue weighted by molar-refractivity contribution is 7.22. The summed E-state index contributed by atoms with van der Waals surface area (Å²) in [6, 6.07) is 7.86. The average molecular weight is 594 g/mol. The number of hydrogen-bond donors (Lipinski definition) is 2. The molecular formula is C31H35N3O7S. The number of fused-ring (bicyclic) bond motifs is 2. The number of ether oxygens (including phenoxy) is 1. The van der Waals surface area contributed by atoms with E-state index in [0.29, 0.717) is 33.0 Å². The lowest BCUT2D eigenvalue weighted by atomic mass is 10.0. The molecule has 2 saturated carbocycles. The SMILES string of the molecule is Cc1ccccc1C(Cn1c(=O)n(C(C)(C)C(=O)O)c(=O)c2c(C)c(-c3ncco3)sc21)OC1C[C@H]2CC(O)C[C@H]2C1. The Balaban J connectivity index is 1.52. The van der Waals surface area contributed by atoms with Gasteiger partial charge in [0.1, 0.15) is 22.7 Å². The molecule has 2 N–H and O–H groups in total. The first-order chi connectivity index (χ1) is 20.0. The molecule has 0 bridgehead atoms. The predicted molar refractivity (Wildman–Crippen MR) is 158 cm³/mol. The lowest BCUT2D eigenvalue weighted by Crippen LogP contribution is -2.52. The van der Waals surface area contributed by atoms with Gasteiger partial charge in [-0.25, -0.2) is 19.1 Å². The highest BCUT2D eigenvalue weighted by atomic mass is 32.1. The van der Waals surface area contributed by atoms with Crippen molar-refractivity contribution in [2.45, 2.75) is 83.8 Å². The van der Waals surface area contributed by atoms with Crippen molar-refractivity contribution in [2.75, 3.05) is 0 Å². The van der Waals surface area contributed by atoms with Crippen LogP contribution in [0.2, 0.25) is 0 Å². The van der Waals surface area contributed by atoms with Crippen LogP contribution in [0.1, 0.15) is 62.3 Å². The maximum Gasteiger partial charge on any atom is 0.333 e. The first-order valence-corrected chi connectivity index (χ1v) is 15.1. The zero-order chi connectivity index (χ0) is 29.9. The number of hydrogen-bond acceptors (Lipinski definition) is 8. The molecule has 0 amide bonds. The summed E-state index contributed by atoms with van der Waals surface area (Å²) in [4.78, 5) is 45.7. The highest BCUT2D eigenvalue weighted by Crippen LogP contribution is 2.46. The van der Waals surface area contributed by atoms with Crippen LogP contribution in [0.5, 0.6) is 0 Å². The van der Waals surface area contributed by atoms with Crippen molar-refractivity contribution in [3.05, 3.63) is 74.3 Å². The number of benzene rings is 1. The van der Waals surface area contributed by atoms with Crippen molar-refractivity contribution in [3.63, 3.8) is 0 Å². The fraction of sp³-hybridized carbons (Fsp3) is 0.484. The van der Waals surface area contributed by atoms with Gasteiger partial charge in [-0.1, -0.05) is 24.3 Å². The maximum atomic E-state index is 14.2. The third-order valence-corrected chi connectivity index (χ3v) is 10.4. The van der Waals surface area contributed by atoms with Gasteiger partial charge in [-0.05, 0) is 81.9 Å².